The van der Waals surface area contributed by atoms with E-state index >= 15 is 0 Å². The number of hydrogen-bond acceptors (Lipinski definition) is 0. The van der Waals surface area contributed by atoms with Crippen molar-refractivity contribution in [1.29, 1.82) is 0 Å². The van der Waals surface area contributed by atoms with Gasteiger partial charge in [0.15, 0.2) is 0 Å². The lowest BCUT2D eigenvalue weighted by Crippen LogP contribution is -2.22. The van der Waals surface area contributed by atoms with Crippen molar-refractivity contribution in [1.82, 2.24) is 4.57 Å². The molecule has 1 atom stereocenters. The first kappa shape index (κ1) is 27.9. The average molecular weight is 624 g/mol. The van der Waals surface area contributed by atoms with Crippen LogP contribution in [0.25, 0.3) is 71.6 Å². The summed E-state index contributed by atoms with van der Waals surface area (Å²) in [5.74, 6) is 0. The monoisotopic (exact) mass is 623 g/mol. The maximum Gasteiger partial charge on any atom is 0.0544 e. The molecule has 10 rings (SSSR count). The second-order valence-corrected chi connectivity index (χ2v) is 13.5. The van der Waals surface area contributed by atoms with E-state index in [-0.39, 0.29) is 5.41 Å². The van der Waals surface area contributed by atoms with Gasteiger partial charge in [-0.1, -0.05) is 146 Å². The van der Waals surface area contributed by atoms with Gasteiger partial charge in [-0.25, -0.2) is 0 Å². The van der Waals surface area contributed by atoms with E-state index in [9.17, 15) is 0 Å². The Labute approximate surface area is 286 Å². The number of aromatic nitrogens is 1. The summed E-state index contributed by atoms with van der Waals surface area (Å²) in [7, 11) is 0. The molecule has 1 aliphatic rings. The highest BCUT2D eigenvalue weighted by atomic mass is 15.0. The third-order valence-corrected chi connectivity index (χ3v) is 10.8. The van der Waals surface area contributed by atoms with Gasteiger partial charge >= 0.3 is 0 Å². The largest absolute Gasteiger partial charge is 0.309 e. The minimum Gasteiger partial charge on any atom is -0.309 e. The molecular weight excluding hydrogens is 591 g/mol. The van der Waals surface area contributed by atoms with Gasteiger partial charge in [0.2, 0.25) is 0 Å². The van der Waals surface area contributed by atoms with E-state index in [1.54, 1.807) is 0 Å². The summed E-state index contributed by atoms with van der Waals surface area (Å²) in [6.07, 6.45) is 0. The summed E-state index contributed by atoms with van der Waals surface area (Å²) in [5, 5.41) is 5.09. The van der Waals surface area contributed by atoms with Crippen molar-refractivity contribution < 1.29 is 0 Å². The van der Waals surface area contributed by atoms with Gasteiger partial charge in [0.1, 0.15) is 0 Å². The minimum absolute atomic E-state index is 0.355. The molecule has 0 radical (unpaired) electrons. The topological polar surface area (TPSA) is 4.93 Å². The number of hydrogen-bond donors (Lipinski definition) is 0. The van der Waals surface area contributed by atoms with Crippen LogP contribution in [-0.2, 0) is 5.41 Å². The van der Waals surface area contributed by atoms with Crippen LogP contribution in [0.1, 0.15) is 23.6 Å². The molecule has 230 valence electrons. The SMILES string of the molecule is CC1(c2ccccc2)c2ccc(-c3ccccc3)cc2-c2ccc3c(c21)c1cc(-c2ccccc2)ccc1n3-c1ccc2ccccc2c1. The summed E-state index contributed by atoms with van der Waals surface area (Å²) < 4.78 is 2.48. The smallest absolute Gasteiger partial charge is 0.0544 e. The van der Waals surface area contributed by atoms with Crippen LogP contribution in [-0.4, -0.2) is 4.57 Å². The summed E-state index contributed by atoms with van der Waals surface area (Å²) in [4.78, 5) is 0. The van der Waals surface area contributed by atoms with Gasteiger partial charge in [-0.2, -0.15) is 0 Å². The summed E-state index contributed by atoms with van der Waals surface area (Å²) in [6, 6.07) is 67.0. The Morgan fingerprint density at radius 2 is 1.04 bits per heavy atom. The Balaban J connectivity index is 1.34. The summed E-state index contributed by atoms with van der Waals surface area (Å²) >= 11 is 0. The molecule has 1 heteroatoms. The van der Waals surface area contributed by atoms with Crippen molar-refractivity contribution >= 4 is 32.6 Å². The predicted octanol–water partition coefficient (Wildman–Crippen LogP) is 12.6. The zero-order chi connectivity index (χ0) is 32.5. The van der Waals surface area contributed by atoms with Crippen molar-refractivity contribution in [3.8, 4) is 39.1 Å². The molecule has 1 unspecified atom stereocenters. The Bertz CT molecular complexity index is 2700. The van der Waals surface area contributed by atoms with Crippen molar-refractivity contribution in [3.05, 3.63) is 199 Å². The lowest BCUT2D eigenvalue weighted by atomic mass is 9.73. The fourth-order valence-corrected chi connectivity index (χ4v) is 8.48. The third kappa shape index (κ3) is 4.12. The van der Waals surface area contributed by atoms with Crippen molar-refractivity contribution in [2.75, 3.05) is 0 Å². The van der Waals surface area contributed by atoms with Crippen LogP contribution >= 0.6 is 0 Å². The summed E-state index contributed by atoms with van der Waals surface area (Å²) in [5.41, 5.74) is 14.9. The van der Waals surface area contributed by atoms with Gasteiger partial charge in [0, 0.05) is 21.9 Å². The molecule has 0 spiro atoms. The quantitative estimate of drug-likeness (QED) is 0.184. The molecule has 0 aliphatic heterocycles. The molecule has 8 aromatic carbocycles. The van der Waals surface area contributed by atoms with Crippen LogP contribution in [0.2, 0.25) is 0 Å². The second kappa shape index (κ2) is 10.7. The zero-order valence-corrected chi connectivity index (χ0v) is 27.3. The van der Waals surface area contributed by atoms with Gasteiger partial charge < -0.3 is 4.57 Å². The second-order valence-electron chi connectivity index (χ2n) is 13.5. The fraction of sp³-hybridized carbons (Fsp3) is 0.0417. The predicted molar refractivity (Wildman–Crippen MR) is 207 cm³/mol. The Morgan fingerprint density at radius 1 is 0.429 bits per heavy atom. The van der Waals surface area contributed by atoms with Crippen LogP contribution in [0.4, 0.5) is 0 Å². The van der Waals surface area contributed by atoms with E-state index in [0.29, 0.717) is 0 Å². The highest BCUT2D eigenvalue weighted by Gasteiger charge is 2.43. The maximum atomic E-state index is 2.48. The van der Waals surface area contributed by atoms with Gasteiger partial charge in [0.05, 0.1) is 11.0 Å². The molecular formula is C48H33N. The molecule has 9 aromatic rings. The average Bonchev–Trinajstić information content (AvgIpc) is 3.64. The van der Waals surface area contributed by atoms with E-state index in [0.717, 1.165) is 0 Å². The molecule has 49 heavy (non-hydrogen) atoms. The molecule has 0 fully saturated rings. The van der Waals surface area contributed by atoms with E-state index in [1.807, 2.05) is 0 Å². The fourth-order valence-electron chi connectivity index (χ4n) is 8.48. The van der Waals surface area contributed by atoms with Crippen LogP contribution in [0.3, 0.4) is 0 Å². The first-order chi connectivity index (χ1) is 24.2. The first-order valence-electron chi connectivity index (χ1n) is 17.1. The first-order valence-corrected chi connectivity index (χ1v) is 17.1. The normalized spacial score (nSPS) is 15.1. The number of nitrogens with zero attached hydrogens (tertiary/aromatic N) is 1. The molecule has 0 N–H and O–H groups in total. The Morgan fingerprint density at radius 3 is 1.78 bits per heavy atom. The van der Waals surface area contributed by atoms with Crippen molar-refractivity contribution in [3.63, 3.8) is 0 Å². The van der Waals surface area contributed by atoms with E-state index < -0.39 is 0 Å². The highest BCUT2D eigenvalue weighted by molar-refractivity contribution is 6.16. The lowest BCUT2D eigenvalue weighted by Gasteiger charge is -2.29. The zero-order valence-electron chi connectivity index (χ0n) is 27.3. The molecule has 0 bridgehead atoms. The molecule has 0 amide bonds. The van der Waals surface area contributed by atoms with Crippen LogP contribution < -0.4 is 0 Å². The molecule has 0 saturated carbocycles. The van der Waals surface area contributed by atoms with Crippen LogP contribution in [0.15, 0.2) is 182 Å². The number of rotatable bonds is 4. The molecule has 1 aromatic heterocycles. The molecule has 1 aliphatic carbocycles. The van der Waals surface area contributed by atoms with Crippen LogP contribution in [0, 0.1) is 0 Å². The van der Waals surface area contributed by atoms with Gasteiger partial charge in [0.25, 0.3) is 0 Å². The summed E-state index contributed by atoms with van der Waals surface area (Å²) in [6.45, 7) is 2.44. The van der Waals surface area contributed by atoms with Crippen molar-refractivity contribution in [2.45, 2.75) is 12.3 Å². The van der Waals surface area contributed by atoms with E-state index in [1.165, 1.54) is 88.3 Å². The standard InChI is InChI=1S/C48H33N/c1-48(38-19-9-4-10-20-38)43-26-22-36(32-13-5-2-6-14-32)30-41(43)40-25-28-45-46(47(40)48)42-31-37(33-15-7-3-8-16-33)23-27-44(42)49(45)39-24-21-34-17-11-12-18-35(34)29-39/h2-31H,1H3. The number of benzene rings is 8. The molecule has 0 saturated heterocycles. The van der Waals surface area contributed by atoms with Crippen molar-refractivity contribution in [2.24, 2.45) is 0 Å². The molecule has 1 heterocycles. The highest BCUT2D eigenvalue weighted by Crippen LogP contribution is 2.57. The third-order valence-electron chi connectivity index (χ3n) is 10.8. The minimum atomic E-state index is -0.355. The molecule has 1 nitrogen and oxygen atoms in total. The van der Waals surface area contributed by atoms with E-state index in [2.05, 4.69) is 193 Å². The van der Waals surface area contributed by atoms with Gasteiger partial charge in [-0.05, 0) is 104 Å². The number of fused-ring (bicyclic) bond motifs is 8. The lowest BCUT2D eigenvalue weighted by molar-refractivity contribution is 0.721. The van der Waals surface area contributed by atoms with Crippen LogP contribution in [0.5, 0.6) is 0 Å². The van der Waals surface area contributed by atoms with E-state index in [4.69, 9.17) is 0 Å². The maximum absolute atomic E-state index is 2.48. The Kier molecular flexibility index (Phi) is 6.07. The van der Waals surface area contributed by atoms with Gasteiger partial charge in [-0.3, -0.25) is 0 Å². The Hall–Kier alpha value is -6.18. The van der Waals surface area contributed by atoms with Gasteiger partial charge in [-0.15, -0.1) is 0 Å².